The van der Waals surface area contributed by atoms with Crippen molar-refractivity contribution in [1.82, 2.24) is 9.55 Å². The van der Waals surface area contributed by atoms with Crippen LogP contribution in [-0.4, -0.2) is 20.6 Å². The van der Waals surface area contributed by atoms with Crippen LogP contribution in [0.3, 0.4) is 0 Å². The zero-order valence-corrected chi connectivity index (χ0v) is 16.0. The van der Waals surface area contributed by atoms with Crippen molar-refractivity contribution in [1.29, 1.82) is 0 Å². The number of carbonyl (C=O) groups excluding carboxylic acids is 1. The summed E-state index contributed by atoms with van der Waals surface area (Å²) in [6, 6.07) is 5.51. The Morgan fingerprint density at radius 3 is 2.77 bits per heavy atom. The molecule has 0 radical (unpaired) electrons. The van der Waals surface area contributed by atoms with Gasteiger partial charge in [-0.3, -0.25) is 14.2 Å². The number of nitrogens with zero attached hydrogens (tertiary/aromatic N) is 2. The van der Waals surface area contributed by atoms with Crippen LogP contribution in [0.25, 0.3) is 10.2 Å². The molecule has 0 spiro atoms. The van der Waals surface area contributed by atoms with Gasteiger partial charge in [-0.15, -0.1) is 11.3 Å². The van der Waals surface area contributed by atoms with E-state index in [9.17, 15) is 14.0 Å². The van der Waals surface area contributed by atoms with Gasteiger partial charge in [0, 0.05) is 17.5 Å². The molecule has 7 heteroatoms. The quantitative estimate of drug-likeness (QED) is 0.385. The molecule has 1 aliphatic carbocycles. The highest BCUT2D eigenvalue weighted by Crippen LogP contribution is 2.36. The van der Waals surface area contributed by atoms with Gasteiger partial charge >= 0.3 is 0 Å². The van der Waals surface area contributed by atoms with Gasteiger partial charge in [-0.25, -0.2) is 9.37 Å². The Kier molecular flexibility index (Phi) is 4.44. The van der Waals surface area contributed by atoms with Crippen LogP contribution >= 0.6 is 23.1 Å². The number of hydrogen-bond acceptors (Lipinski definition) is 5. The number of aromatic nitrogens is 2. The van der Waals surface area contributed by atoms with Crippen LogP contribution in [-0.2, 0) is 19.9 Å². The zero-order chi connectivity index (χ0) is 18.4. The van der Waals surface area contributed by atoms with E-state index in [4.69, 9.17) is 0 Å². The third-order valence-electron chi connectivity index (χ3n) is 4.69. The lowest BCUT2D eigenvalue weighted by Gasteiger charge is -2.12. The predicted molar refractivity (Wildman–Crippen MR) is 103 cm³/mol. The Balaban J connectivity index is 1.66. The molecule has 134 valence electrons. The van der Waals surface area contributed by atoms with E-state index in [1.807, 2.05) is 0 Å². The van der Waals surface area contributed by atoms with Crippen LogP contribution in [0.1, 0.15) is 34.1 Å². The average molecular weight is 388 g/mol. The van der Waals surface area contributed by atoms with Crippen molar-refractivity contribution < 1.29 is 9.18 Å². The molecule has 0 fully saturated rings. The number of ketones is 1. The van der Waals surface area contributed by atoms with E-state index in [1.165, 1.54) is 45.5 Å². The summed E-state index contributed by atoms with van der Waals surface area (Å²) in [5.41, 5.74) is 1.57. The molecule has 2 heterocycles. The second kappa shape index (κ2) is 6.63. The lowest BCUT2D eigenvalue weighted by Crippen LogP contribution is -2.22. The molecule has 4 rings (SSSR count). The molecule has 0 bridgehead atoms. The Morgan fingerprint density at radius 1 is 1.31 bits per heavy atom. The van der Waals surface area contributed by atoms with Gasteiger partial charge in [-0.2, -0.15) is 0 Å². The Hall–Kier alpha value is -1.99. The molecule has 3 aromatic rings. The Labute approximate surface area is 158 Å². The number of carbonyl (C=O) groups is 1. The molecule has 1 aromatic carbocycles. The van der Waals surface area contributed by atoms with Crippen LogP contribution in [0.4, 0.5) is 4.39 Å². The van der Waals surface area contributed by atoms with E-state index in [2.05, 4.69) is 4.98 Å². The number of fused-ring (bicyclic) bond motifs is 3. The van der Waals surface area contributed by atoms with Gasteiger partial charge in [-0.1, -0.05) is 11.8 Å². The minimum absolute atomic E-state index is 0.0432. The van der Waals surface area contributed by atoms with Crippen molar-refractivity contribution >= 4 is 39.1 Å². The van der Waals surface area contributed by atoms with Gasteiger partial charge in [0.05, 0.1) is 10.6 Å². The fourth-order valence-corrected chi connectivity index (χ4v) is 5.53. The lowest BCUT2D eigenvalue weighted by molar-refractivity contribution is 0.0994. The number of rotatable bonds is 4. The van der Waals surface area contributed by atoms with E-state index in [0.29, 0.717) is 10.7 Å². The Bertz CT molecular complexity index is 1070. The summed E-state index contributed by atoms with van der Waals surface area (Å²) in [5, 5.41) is 0.847. The van der Waals surface area contributed by atoms with Crippen LogP contribution in [0, 0.1) is 5.82 Å². The molecule has 1 aliphatic rings. The van der Waals surface area contributed by atoms with Crippen LogP contribution in [0.5, 0.6) is 0 Å². The van der Waals surface area contributed by atoms with Crippen LogP contribution < -0.4 is 5.56 Å². The number of benzene rings is 1. The molecule has 0 amide bonds. The monoisotopic (exact) mass is 388 g/mol. The molecule has 0 N–H and O–H groups in total. The molecule has 2 aromatic heterocycles. The number of hydrogen-bond donors (Lipinski definition) is 0. The first-order valence-corrected chi connectivity index (χ1v) is 10.1. The largest absolute Gasteiger partial charge is 0.293 e. The number of thioether (sulfide) groups is 1. The topological polar surface area (TPSA) is 52.0 Å². The average Bonchev–Trinajstić information content (AvgIpc) is 3.20. The highest BCUT2D eigenvalue weighted by Gasteiger charge is 2.24. The first-order chi connectivity index (χ1) is 12.5. The molecule has 26 heavy (non-hydrogen) atoms. The minimum Gasteiger partial charge on any atom is -0.293 e. The predicted octanol–water partition coefficient (Wildman–Crippen LogP) is 3.99. The van der Waals surface area contributed by atoms with Crippen molar-refractivity contribution in [2.75, 3.05) is 0 Å². The van der Waals surface area contributed by atoms with E-state index in [0.717, 1.165) is 35.0 Å². The molecule has 0 unspecified atom stereocenters. The number of halogens is 1. The third kappa shape index (κ3) is 2.89. The standard InChI is InChI=1S/C19H17FN2O2S2/c1-10(16(23)11-6-8-12(20)9-7-11)25-19-21-17-15(18(24)22(19)2)13-4-3-5-14(13)26-17/h6-10H,3-5H2,1-2H3/t10-/m0/s1. The van der Waals surface area contributed by atoms with Gasteiger partial charge in [0.1, 0.15) is 10.6 Å². The molecule has 0 aliphatic heterocycles. The Morgan fingerprint density at radius 2 is 2.04 bits per heavy atom. The SMILES string of the molecule is C[C@H](Sc1nc2sc3c(c2c(=O)n1C)CCC3)C(=O)c1ccc(F)cc1. The molecule has 0 saturated carbocycles. The highest BCUT2D eigenvalue weighted by atomic mass is 32.2. The van der Waals surface area contributed by atoms with E-state index in [1.54, 1.807) is 25.3 Å². The number of aryl methyl sites for hydroxylation is 2. The summed E-state index contributed by atoms with van der Waals surface area (Å²) in [7, 11) is 1.70. The van der Waals surface area contributed by atoms with Gasteiger partial charge in [0.15, 0.2) is 10.9 Å². The molecule has 0 saturated heterocycles. The fraction of sp³-hybridized carbons (Fsp3) is 0.316. The van der Waals surface area contributed by atoms with E-state index >= 15 is 0 Å². The smallest absolute Gasteiger partial charge is 0.262 e. The summed E-state index contributed by atoms with van der Waals surface area (Å²) < 4.78 is 14.6. The third-order valence-corrected chi connectivity index (χ3v) is 7.01. The maximum Gasteiger partial charge on any atom is 0.262 e. The van der Waals surface area contributed by atoms with E-state index < -0.39 is 5.25 Å². The normalized spacial score (nSPS) is 14.6. The lowest BCUT2D eigenvalue weighted by atomic mass is 10.1. The minimum atomic E-state index is -0.428. The highest BCUT2D eigenvalue weighted by molar-refractivity contribution is 8.00. The summed E-state index contributed by atoms with van der Waals surface area (Å²) in [6.07, 6.45) is 3.06. The first-order valence-electron chi connectivity index (χ1n) is 8.43. The summed E-state index contributed by atoms with van der Waals surface area (Å²) >= 11 is 2.85. The molecular formula is C19H17FN2O2S2. The maximum absolute atomic E-state index is 13.0. The number of Topliss-reactive ketones (excluding diaryl/α,β-unsaturated/α-hetero) is 1. The second-order valence-electron chi connectivity index (χ2n) is 6.43. The van der Waals surface area contributed by atoms with Gasteiger partial charge in [-0.05, 0) is 56.0 Å². The second-order valence-corrected chi connectivity index (χ2v) is 8.82. The zero-order valence-electron chi connectivity index (χ0n) is 14.4. The van der Waals surface area contributed by atoms with Crippen molar-refractivity contribution in [2.45, 2.75) is 36.6 Å². The summed E-state index contributed by atoms with van der Waals surface area (Å²) in [4.78, 5) is 32.1. The van der Waals surface area contributed by atoms with Crippen molar-refractivity contribution in [2.24, 2.45) is 7.05 Å². The fourth-order valence-electron chi connectivity index (χ4n) is 3.27. The summed E-state index contributed by atoms with van der Waals surface area (Å²) in [6.45, 7) is 1.78. The van der Waals surface area contributed by atoms with Gasteiger partial charge in [0.2, 0.25) is 0 Å². The van der Waals surface area contributed by atoms with Gasteiger partial charge < -0.3 is 0 Å². The van der Waals surface area contributed by atoms with Crippen LogP contribution in [0.15, 0.2) is 34.2 Å². The molecular weight excluding hydrogens is 371 g/mol. The van der Waals surface area contributed by atoms with Crippen molar-refractivity contribution in [3.63, 3.8) is 0 Å². The molecule has 4 nitrogen and oxygen atoms in total. The molecule has 1 atom stereocenters. The summed E-state index contributed by atoms with van der Waals surface area (Å²) in [5.74, 6) is -0.486. The van der Waals surface area contributed by atoms with Gasteiger partial charge in [0.25, 0.3) is 5.56 Å². The van der Waals surface area contributed by atoms with Crippen molar-refractivity contribution in [3.8, 4) is 0 Å². The van der Waals surface area contributed by atoms with Crippen LogP contribution in [0.2, 0.25) is 0 Å². The van der Waals surface area contributed by atoms with E-state index in [-0.39, 0.29) is 17.2 Å². The maximum atomic E-state index is 13.0. The number of thiophene rings is 1. The first kappa shape index (κ1) is 17.4. The van der Waals surface area contributed by atoms with Crippen molar-refractivity contribution in [3.05, 3.63) is 56.4 Å².